The predicted octanol–water partition coefficient (Wildman–Crippen LogP) is 1.81. The normalized spacial score (nSPS) is 25.3. The molecular formula is C11H24N2S. The van der Waals surface area contributed by atoms with Crippen molar-refractivity contribution in [2.24, 2.45) is 0 Å². The second kappa shape index (κ2) is 6.70. The molecule has 2 atom stereocenters. The molecule has 2 nitrogen and oxygen atoms in total. The van der Waals surface area contributed by atoms with Crippen LogP contribution in [-0.4, -0.2) is 49.1 Å². The largest absolute Gasteiger partial charge is 0.312 e. The van der Waals surface area contributed by atoms with Crippen molar-refractivity contribution in [3.63, 3.8) is 0 Å². The lowest BCUT2D eigenvalue weighted by Gasteiger charge is -2.28. The van der Waals surface area contributed by atoms with E-state index in [1.165, 1.54) is 30.8 Å². The molecule has 0 aromatic rings. The van der Waals surface area contributed by atoms with E-state index >= 15 is 0 Å². The summed E-state index contributed by atoms with van der Waals surface area (Å²) in [4.78, 5) is 2.32. The third-order valence-electron chi connectivity index (χ3n) is 3.00. The first-order valence-electron chi connectivity index (χ1n) is 5.71. The van der Waals surface area contributed by atoms with Gasteiger partial charge in [-0.15, -0.1) is 0 Å². The van der Waals surface area contributed by atoms with Gasteiger partial charge >= 0.3 is 0 Å². The van der Waals surface area contributed by atoms with Gasteiger partial charge in [-0.1, -0.05) is 6.92 Å². The number of rotatable bonds is 5. The first kappa shape index (κ1) is 12.3. The molecule has 1 saturated heterocycles. The van der Waals surface area contributed by atoms with Crippen LogP contribution in [0.5, 0.6) is 0 Å². The van der Waals surface area contributed by atoms with Crippen LogP contribution in [0.15, 0.2) is 0 Å². The Labute approximate surface area is 92.8 Å². The molecule has 0 bridgehead atoms. The number of likely N-dealkylation sites (N-methyl/N-ethyl adjacent to an activating group) is 1. The van der Waals surface area contributed by atoms with Crippen LogP contribution in [0.25, 0.3) is 0 Å². The molecule has 1 rings (SSSR count). The molecule has 1 aliphatic heterocycles. The van der Waals surface area contributed by atoms with Gasteiger partial charge in [-0.3, -0.25) is 0 Å². The van der Waals surface area contributed by atoms with Crippen LogP contribution in [-0.2, 0) is 0 Å². The fourth-order valence-electron chi connectivity index (χ4n) is 1.90. The molecule has 0 aromatic heterocycles. The highest BCUT2D eigenvalue weighted by atomic mass is 32.2. The van der Waals surface area contributed by atoms with Gasteiger partial charge in [-0.2, -0.15) is 11.8 Å². The van der Waals surface area contributed by atoms with Gasteiger partial charge in [0.1, 0.15) is 0 Å². The molecule has 84 valence electrons. The molecule has 1 fully saturated rings. The Hall–Kier alpha value is 0.270. The van der Waals surface area contributed by atoms with Crippen molar-refractivity contribution in [2.75, 3.05) is 32.1 Å². The van der Waals surface area contributed by atoms with Gasteiger partial charge in [0.15, 0.2) is 0 Å². The molecule has 0 aliphatic carbocycles. The number of nitrogens with one attached hydrogen (secondary N) is 1. The predicted molar refractivity (Wildman–Crippen MR) is 66.1 cm³/mol. The topological polar surface area (TPSA) is 15.3 Å². The zero-order valence-corrected chi connectivity index (χ0v) is 10.6. The van der Waals surface area contributed by atoms with Crippen LogP contribution in [0.4, 0.5) is 0 Å². The van der Waals surface area contributed by atoms with Crippen LogP contribution < -0.4 is 5.32 Å². The zero-order valence-electron chi connectivity index (χ0n) is 9.75. The number of hydrogen-bond donors (Lipinski definition) is 1. The Balaban J connectivity index is 2.16. The Kier molecular flexibility index (Phi) is 5.90. The van der Waals surface area contributed by atoms with Crippen LogP contribution in [0, 0.1) is 0 Å². The summed E-state index contributed by atoms with van der Waals surface area (Å²) < 4.78 is 0. The zero-order chi connectivity index (χ0) is 10.4. The van der Waals surface area contributed by atoms with E-state index in [1.807, 2.05) is 0 Å². The van der Waals surface area contributed by atoms with Gasteiger partial charge in [-0.25, -0.2) is 0 Å². The third-order valence-corrected chi connectivity index (χ3v) is 4.22. The van der Waals surface area contributed by atoms with Crippen molar-refractivity contribution in [1.82, 2.24) is 10.2 Å². The minimum absolute atomic E-state index is 0.696. The molecule has 0 spiro atoms. The van der Waals surface area contributed by atoms with Crippen molar-refractivity contribution >= 4 is 11.8 Å². The van der Waals surface area contributed by atoms with Crippen LogP contribution >= 0.6 is 11.8 Å². The SMILES string of the molecule is CCC(CNC1CCCSC1)N(C)C. The number of hydrogen-bond acceptors (Lipinski definition) is 3. The summed E-state index contributed by atoms with van der Waals surface area (Å²) in [6.07, 6.45) is 4.00. The Morgan fingerprint density at radius 2 is 2.29 bits per heavy atom. The van der Waals surface area contributed by atoms with Crippen molar-refractivity contribution in [3.8, 4) is 0 Å². The van der Waals surface area contributed by atoms with E-state index in [-0.39, 0.29) is 0 Å². The molecule has 0 aromatic carbocycles. The monoisotopic (exact) mass is 216 g/mol. The summed E-state index contributed by atoms with van der Waals surface area (Å²) in [5, 5.41) is 3.69. The molecular weight excluding hydrogens is 192 g/mol. The lowest BCUT2D eigenvalue weighted by Crippen LogP contribution is -2.43. The van der Waals surface area contributed by atoms with Gasteiger partial charge in [0, 0.05) is 24.4 Å². The van der Waals surface area contributed by atoms with Crippen molar-refractivity contribution in [1.29, 1.82) is 0 Å². The summed E-state index contributed by atoms with van der Waals surface area (Å²) in [5.74, 6) is 2.67. The second-order valence-electron chi connectivity index (χ2n) is 4.35. The smallest absolute Gasteiger partial charge is 0.0212 e. The summed E-state index contributed by atoms with van der Waals surface area (Å²) in [6, 6.07) is 1.46. The van der Waals surface area contributed by atoms with Gasteiger partial charge < -0.3 is 10.2 Å². The highest BCUT2D eigenvalue weighted by molar-refractivity contribution is 7.99. The Morgan fingerprint density at radius 3 is 2.79 bits per heavy atom. The summed E-state index contributed by atoms with van der Waals surface area (Å²) in [5.41, 5.74) is 0. The van der Waals surface area contributed by atoms with E-state index in [1.54, 1.807) is 0 Å². The summed E-state index contributed by atoms with van der Waals surface area (Å²) in [7, 11) is 4.34. The standard InChI is InChI=1S/C11H24N2S/c1-4-11(13(2)3)8-12-10-6-5-7-14-9-10/h10-12H,4-9H2,1-3H3. The molecule has 3 heteroatoms. The fourth-order valence-corrected chi connectivity index (χ4v) is 3.00. The Morgan fingerprint density at radius 1 is 1.50 bits per heavy atom. The average molecular weight is 216 g/mol. The first-order chi connectivity index (χ1) is 6.74. The van der Waals surface area contributed by atoms with E-state index in [2.05, 4.69) is 43.0 Å². The quantitative estimate of drug-likeness (QED) is 0.754. The van der Waals surface area contributed by atoms with Crippen LogP contribution in [0.1, 0.15) is 26.2 Å². The van der Waals surface area contributed by atoms with Crippen LogP contribution in [0.2, 0.25) is 0 Å². The van der Waals surface area contributed by atoms with E-state index in [0.29, 0.717) is 6.04 Å². The maximum atomic E-state index is 3.69. The molecule has 0 amide bonds. The van der Waals surface area contributed by atoms with Gasteiger partial charge in [0.2, 0.25) is 0 Å². The second-order valence-corrected chi connectivity index (χ2v) is 5.50. The maximum Gasteiger partial charge on any atom is 0.0212 e. The molecule has 1 N–H and O–H groups in total. The van der Waals surface area contributed by atoms with E-state index in [0.717, 1.165) is 12.6 Å². The lowest BCUT2D eigenvalue weighted by atomic mass is 10.1. The molecule has 1 heterocycles. The fraction of sp³-hybridized carbons (Fsp3) is 1.00. The van der Waals surface area contributed by atoms with Crippen LogP contribution in [0.3, 0.4) is 0 Å². The molecule has 0 saturated carbocycles. The Bertz CT molecular complexity index is 144. The minimum atomic E-state index is 0.696. The molecule has 0 radical (unpaired) electrons. The first-order valence-corrected chi connectivity index (χ1v) is 6.87. The molecule has 2 unspecified atom stereocenters. The van der Waals surface area contributed by atoms with E-state index in [4.69, 9.17) is 0 Å². The number of thioether (sulfide) groups is 1. The maximum absolute atomic E-state index is 3.69. The van der Waals surface area contributed by atoms with E-state index < -0.39 is 0 Å². The average Bonchev–Trinajstić information content (AvgIpc) is 2.20. The van der Waals surface area contributed by atoms with Gasteiger partial charge in [0.05, 0.1) is 0 Å². The molecule has 14 heavy (non-hydrogen) atoms. The van der Waals surface area contributed by atoms with Crippen molar-refractivity contribution in [2.45, 2.75) is 38.3 Å². The minimum Gasteiger partial charge on any atom is -0.312 e. The van der Waals surface area contributed by atoms with E-state index in [9.17, 15) is 0 Å². The lowest BCUT2D eigenvalue weighted by molar-refractivity contribution is 0.268. The summed E-state index contributed by atoms with van der Waals surface area (Å²) >= 11 is 2.09. The van der Waals surface area contributed by atoms with Crippen molar-refractivity contribution < 1.29 is 0 Å². The highest BCUT2D eigenvalue weighted by Gasteiger charge is 2.15. The third kappa shape index (κ3) is 4.20. The van der Waals surface area contributed by atoms with Crippen molar-refractivity contribution in [3.05, 3.63) is 0 Å². The highest BCUT2D eigenvalue weighted by Crippen LogP contribution is 2.16. The van der Waals surface area contributed by atoms with Gasteiger partial charge in [-0.05, 0) is 39.1 Å². The molecule has 1 aliphatic rings. The van der Waals surface area contributed by atoms with Gasteiger partial charge in [0.25, 0.3) is 0 Å². The number of nitrogens with zero attached hydrogens (tertiary/aromatic N) is 1. The summed E-state index contributed by atoms with van der Waals surface area (Å²) in [6.45, 7) is 3.41.